The minimum atomic E-state index is -0.0476. The maximum absolute atomic E-state index is 12.3. The minimum Gasteiger partial charge on any atom is -0.465 e. The molecule has 1 fully saturated rings. The van der Waals surface area contributed by atoms with Crippen molar-refractivity contribution in [1.82, 2.24) is 5.32 Å². The molecular formula is C18H27NO2. The van der Waals surface area contributed by atoms with Gasteiger partial charge in [-0.25, -0.2) is 0 Å². The molecule has 0 atom stereocenters. The van der Waals surface area contributed by atoms with Crippen LogP contribution in [0.5, 0.6) is 0 Å². The fourth-order valence-corrected chi connectivity index (χ4v) is 3.52. The first-order valence-electron chi connectivity index (χ1n) is 7.77. The van der Waals surface area contributed by atoms with Gasteiger partial charge in [-0.05, 0) is 46.1 Å². The number of nitrogens with one attached hydrogen (secondary N) is 1. The first-order chi connectivity index (χ1) is 9.77. The monoisotopic (exact) mass is 289 g/mol. The first kappa shape index (κ1) is 16.0. The summed E-state index contributed by atoms with van der Waals surface area (Å²) in [4.78, 5) is 12.3. The van der Waals surface area contributed by atoms with Gasteiger partial charge in [0, 0.05) is 17.5 Å². The van der Waals surface area contributed by atoms with Crippen molar-refractivity contribution in [2.75, 3.05) is 6.61 Å². The van der Waals surface area contributed by atoms with Crippen LogP contribution in [-0.4, -0.2) is 23.7 Å². The highest BCUT2D eigenvalue weighted by Gasteiger charge is 2.41. The predicted molar refractivity (Wildman–Crippen MR) is 85.1 cm³/mol. The third-order valence-electron chi connectivity index (χ3n) is 4.00. The van der Waals surface area contributed by atoms with Gasteiger partial charge in [0.2, 0.25) is 0 Å². The molecule has 0 radical (unpaired) electrons. The third-order valence-corrected chi connectivity index (χ3v) is 4.00. The molecule has 0 saturated carbocycles. The van der Waals surface area contributed by atoms with Crippen molar-refractivity contribution in [2.45, 2.75) is 58.0 Å². The van der Waals surface area contributed by atoms with Crippen LogP contribution in [0.3, 0.4) is 0 Å². The second-order valence-corrected chi connectivity index (χ2v) is 7.40. The summed E-state index contributed by atoms with van der Waals surface area (Å²) in [7, 11) is 0. The van der Waals surface area contributed by atoms with Gasteiger partial charge in [0.05, 0.1) is 12.5 Å². The Labute approximate surface area is 128 Å². The molecule has 1 aromatic carbocycles. The maximum atomic E-state index is 12.3. The van der Waals surface area contributed by atoms with Crippen molar-refractivity contribution in [2.24, 2.45) is 5.92 Å². The summed E-state index contributed by atoms with van der Waals surface area (Å²) in [6.07, 6.45) is 2.45. The Bertz CT molecular complexity index is 463. The lowest BCUT2D eigenvalue weighted by Gasteiger charge is -2.45. The normalized spacial score (nSPS) is 21.0. The minimum absolute atomic E-state index is 0.00739. The predicted octanol–water partition coefficient (Wildman–Crippen LogP) is 3.33. The van der Waals surface area contributed by atoms with E-state index < -0.39 is 0 Å². The molecule has 1 aromatic rings. The van der Waals surface area contributed by atoms with E-state index >= 15 is 0 Å². The van der Waals surface area contributed by atoms with Gasteiger partial charge in [-0.1, -0.05) is 30.3 Å². The molecule has 0 unspecified atom stereocenters. The average Bonchev–Trinajstić information content (AvgIpc) is 2.36. The Morgan fingerprint density at radius 1 is 1.14 bits per heavy atom. The zero-order valence-electron chi connectivity index (χ0n) is 13.6. The number of hydrogen-bond acceptors (Lipinski definition) is 3. The Balaban J connectivity index is 1.85. The van der Waals surface area contributed by atoms with Gasteiger partial charge in [-0.3, -0.25) is 4.79 Å². The van der Waals surface area contributed by atoms with Crippen molar-refractivity contribution in [3.8, 4) is 0 Å². The quantitative estimate of drug-likeness (QED) is 0.864. The zero-order chi connectivity index (χ0) is 15.5. The molecule has 1 heterocycles. The molecule has 1 aliphatic heterocycles. The molecule has 1 N–H and O–H groups in total. The van der Waals surface area contributed by atoms with E-state index in [0.717, 1.165) is 19.3 Å². The van der Waals surface area contributed by atoms with Gasteiger partial charge in [0.1, 0.15) is 0 Å². The summed E-state index contributed by atoms with van der Waals surface area (Å²) in [5.74, 6) is -0.0550. The molecule has 21 heavy (non-hydrogen) atoms. The van der Waals surface area contributed by atoms with Gasteiger partial charge in [-0.15, -0.1) is 0 Å². The zero-order valence-corrected chi connectivity index (χ0v) is 13.6. The van der Waals surface area contributed by atoms with Crippen molar-refractivity contribution >= 4 is 5.97 Å². The Morgan fingerprint density at radius 2 is 1.71 bits per heavy atom. The molecule has 0 bridgehead atoms. The summed E-state index contributed by atoms with van der Waals surface area (Å²) >= 11 is 0. The number of piperidine rings is 1. The maximum Gasteiger partial charge on any atom is 0.309 e. The molecule has 116 valence electrons. The summed E-state index contributed by atoms with van der Waals surface area (Å²) in [5.41, 5.74) is 1.16. The molecule has 0 aliphatic carbocycles. The molecule has 3 heteroatoms. The van der Waals surface area contributed by atoms with Crippen LogP contribution in [0.15, 0.2) is 30.3 Å². The van der Waals surface area contributed by atoms with E-state index in [4.69, 9.17) is 4.74 Å². The van der Waals surface area contributed by atoms with Crippen LogP contribution in [0.25, 0.3) is 0 Å². The van der Waals surface area contributed by atoms with Gasteiger partial charge >= 0.3 is 5.97 Å². The molecule has 2 rings (SSSR count). The van der Waals surface area contributed by atoms with Gasteiger partial charge in [0.15, 0.2) is 0 Å². The SMILES string of the molecule is CC1(C)CC(C(=O)OCCc2ccccc2)CC(C)(C)N1. The van der Waals surface area contributed by atoms with Gasteiger partial charge in [0.25, 0.3) is 0 Å². The third kappa shape index (κ3) is 4.85. The van der Waals surface area contributed by atoms with Crippen LogP contribution >= 0.6 is 0 Å². The largest absolute Gasteiger partial charge is 0.465 e. The standard InChI is InChI=1S/C18H27NO2/c1-17(2)12-15(13-18(3,4)19-17)16(20)21-11-10-14-8-6-5-7-9-14/h5-9,15,19H,10-13H2,1-4H3. The van der Waals surface area contributed by atoms with Crippen LogP contribution in [0.2, 0.25) is 0 Å². The van der Waals surface area contributed by atoms with Gasteiger partial charge in [-0.2, -0.15) is 0 Å². The molecule has 1 saturated heterocycles. The van der Waals surface area contributed by atoms with E-state index in [1.165, 1.54) is 5.56 Å². The second kappa shape index (κ2) is 6.18. The van der Waals surface area contributed by atoms with E-state index in [0.29, 0.717) is 6.61 Å². The number of ether oxygens (including phenoxy) is 1. The van der Waals surface area contributed by atoms with Crippen molar-refractivity contribution in [1.29, 1.82) is 0 Å². The molecule has 1 aliphatic rings. The Morgan fingerprint density at radius 3 is 2.29 bits per heavy atom. The number of carbonyl (C=O) groups is 1. The summed E-state index contributed by atoms with van der Waals surface area (Å²) < 4.78 is 5.51. The lowest BCUT2D eigenvalue weighted by molar-refractivity contribution is -0.151. The molecular weight excluding hydrogens is 262 g/mol. The topological polar surface area (TPSA) is 38.3 Å². The lowest BCUT2D eigenvalue weighted by atomic mass is 9.76. The highest BCUT2D eigenvalue weighted by molar-refractivity contribution is 5.73. The van der Waals surface area contributed by atoms with Crippen molar-refractivity contribution in [3.63, 3.8) is 0 Å². The number of carbonyl (C=O) groups excluding carboxylic acids is 1. The highest BCUT2D eigenvalue weighted by atomic mass is 16.5. The molecule has 0 amide bonds. The highest BCUT2D eigenvalue weighted by Crippen LogP contribution is 2.33. The average molecular weight is 289 g/mol. The van der Waals surface area contributed by atoms with Crippen LogP contribution < -0.4 is 5.32 Å². The number of esters is 1. The van der Waals surface area contributed by atoms with Crippen LogP contribution in [0, 0.1) is 5.92 Å². The summed E-state index contributed by atoms with van der Waals surface area (Å²) in [5, 5.41) is 3.59. The Hall–Kier alpha value is -1.35. The lowest BCUT2D eigenvalue weighted by Crippen LogP contribution is -2.59. The van der Waals surface area contributed by atoms with Gasteiger partial charge < -0.3 is 10.1 Å². The van der Waals surface area contributed by atoms with Crippen molar-refractivity contribution in [3.05, 3.63) is 35.9 Å². The fraction of sp³-hybridized carbons (Fsp3) is 0.611. The fourth-order valence-electron chi connectivity index (χ4n) is 3.52. The first-order valence-corrected chi connectivity index (χ1v) is 7.77. The molecule has 0 aromatic heterocycles. The Kier molecular flexibility index (Phi) is 4.72. The number of benzene rings is 1. The van der Waals surface area contributed by atoms with E-state index in [1.54, 1.807) is 0 Å². The molecule has 0 spiro atoms. The number of hydrogen-bond donors (Lipinski definition) is 1. The van der Waals surface area contributed by atoms with Crippen LogP contribution in [-0.2, 0) is 16.0 Å². The summed E-state index contributed by atoms with van der Waals surface area (Å²) in [6, 6.07) is 10.1. The van der Waals surface area contributed by atoms with E-state index in [2.05, 4.69) is 45.1 Å². The van der Waals surface area contributed by atoms with E-state index in [9.17, 15) is 4.79 Å². The number of rotatable bonds is 4. The van der Waals surface area contributed by atoms with E-state index in [-0.39, 0.29) is 23.0 Å². The second-order valence-electron chi connectivity index (χ2n) is 7.40. The van der Waals surface area contributed by atoms with E-state index in [1.807, 2.05) is 18.2 Å². The smallest absolute Gasteiger partial charge is 0.309 e. The molecule has 3 nitrogen and oxygen atoms in total. The van der Waals surface area contributed by atoms with Crippen LogP contribution in [0.1, 0.15) is 46.1 Å². The van der Waals surface area contributed by atoms with Crippen molar-refractivity contribution < 1.29 is 9.53 Å². The summed E-state index contributed by atoms with van der Waals surface area (Å²) in [6.45, 7) is 9.07. The van der Waals surface area contributed by atoms with Crippen LogP contribution in [0.4, 0.5) is 0 Å².